The maximum atomic E-state index is 12.6. The van der Waals surface area contributed by atoms with Crippen LogP contribution in [0.25, 0.3) is 0 Å². The average molecular weight is 352 g/mol. The van der Waals surface area contributed by atoms with Crippen LogP contribution in [0.3, 0.4) is 0 Å². The number of amides is 2. The Labute approximate surface area is 153 Å². The van der Waals surface area contributed by atoms with Gasteiger partial charge >= 0.3 is 0 Å². The van der Waals surface area contributed by atoms with Crippen molar-refractivity contribution in [3.8, 4) is 0 Å². The molecule has 26 heavy (non-hydrogen) atoms. The van der Waals surface area contributed by atoms with Gasteiger partial charge in [-0.25, -0.2) is 4.98 Å². The lowest BCUT2D eigenvalue weighted by molar-refractivity contribution is -0.133. The van der Waals surface area contributed by atoms with Gasteiger partial charge in [0.05, 0.1) is 0 Å². The van der Waals surface area contributed by atoms with Crippen molar-refractivity contribution < 1.29 is 9.59 Å². The fraction of sp³-hybridized carbons (Fsp3) is 0.350. The molecule has 1 aliphatic rings. The van der Waals surface area contributed by atoms with Crippen LogP contribution in [0.1, 0.15) is 22.8 Å². The van der Waals surface area contributed by atoms with Gasteiger partial charge in [0.15, 0.2) is 0 Å². The molecule has 1 saturated heterocycles. The highest BCUT2D eigenvalue weighted by Crippen LogP contribution is 2.13. The predicted octanol–water partition coefficient (Wildman–Crippen LogP) is 1.86. The minimum Gasteiger partial charge on any atom is -0.353 e. The second kappa shape index (κ2) is 7.99. The van der Waals surface area contributed by atoms with Crippen molar-refractivity contribution in [1.29, 1.82) is 0 Å². The fourth-order valence-electron chi connectivity index (χ4n) is 3.02. The maximum Gasteiger partial charge on any atom is 0.251 e. The average Bonchev–Trinajstić information content (AvgIpc) is 2.68. The van der Waals surface area contributed by atoms with Gasteiger partial charge in [0, 0.05) is 37.9 Å². The van der Waals surface area contributed by atoms with Crippen LogP contribution in [0.2, 0.25) is 0 Å². The Morgan fingerprint density at radius 1 is 1.04 bits per heavy atom. The lowest BCUT2D eigenvalue weighted by Gasteiger charge is -2.36. The van der Waals surface area contributed by atoms with E-state index >= 15 is 0 Å². The fourth-order valence-corrected chi connectivity index (χ4v) is 3.02. The van der Waals surface area contributed by atoms with Crippen molar-refractivity contribution in [3.63, 3.8) is 0 Å². The molecule has 136 valence electrons. The lowest BCUT2D eigenvalue weighted by atomic mass is 10.1. The maximum absolute atomic E-state index is 12.6. The number of piperazine rings is 1. The highest BCUT2D eigenvalue weighted by Gasteiger charge is 2.26. The third-order valence-corrected chi connectivity index (χ3v) is 4.60. The zero-order valence-corrected chi connectivity index (χ0v) is 15.2. The van der Waals surface area contributed by atoms with Gasteiger partial charge in [0.2, 0.25) is 5.91 Å². The van der Waals surface area contributed by atoms with Gasteiger partial charge in [0.25, 0.3) is 5.91 Å². The van der Waals surface area contributed by atoms with Gasteiger partial charge in [0.1, 0.15) is 11.9 Å². The van der Waals surface area contributed by atoms with E-state index in [4.69, 9.17) is 0 Å². The first kappa shape index (κ1) is 17.9. The Morgan fingerprint density at radius 2 is 1.73 bits per heavy atom. The van der Waals surface area contributed by atoms with Crippen LogP contribution in [-0.2, 0) is 4.79 Å². The summed E-state index contributed by atoms with van der Waals surface area (Å²) in [5, 5.41) is 2.80. The van der Waals surface area contributed by atoms with Crippen LogP contribution in [-0.4, -0.2) is 53.9 Å². The summed E-state index contributed by atoms with van der Waals surface area (Å²) in [5.41, 5.74) is 1.66. The number of hydrogen-bond donors (Lipinski definition) is 1. The third kappa shape index (κ3) is 4.20. The van der Waals surface area contributed by atoms with Crippen molar-refractivity contribution in [2.45, 2.75) is 19.9 Å². The summed E-state index contributed by atoms with van der Waals surface area (Å²) in [7, 11) is 0. The Hall–Kier alpha value is -2.89. The molecule has 2 heterocycles. The number of carbonyl (C=O) groups is 2. The number of benzene rings is 1. The first-order valence-corrected chi connectivity index (χ1v) is 8.87. The molecule has 1 aliphatic heterocycles. The molecule has 2 aromatic rings. The Bertz CT molecular complexity index is 753. The number of nitrogens with zero attached hydrogens (tertiary/aromatic N) is 3. The van der Waals surface area contributed by atoms with E-state index in [0.29, 0.717) is 18.7 Å². The molecule has 0 unspecified atom stereocenters. The van der Waals surface area contributed by atoms with Crippen molar-refractivity contribution >= 4 is 17.6 Å². The van der Waals surface area contributed by atoms with Crippen LogP contribution >= 0.6 is 0 Å². The van der Waals surface area contributed by atoms with Crippen molar-refractivity contribution in [3.05, 3.63) is 59.8 Å². The molecule has 1 aromatic carbocycles. The quantitative estimate of drug-likeness (QED) is 0.912. The number of hydrogen-bond acceptors (Lipinski definition) is 4. The first-order chi connectivity index (χ1) is 12.5. The summed E-state index contributed by atoms with van der Waals surface area (Å²) in [4.78, 5) is 33.3. The van der Waals surface area contributed by atoms with Crippen LogP contribution in [0, 0.1) is 6.92 Å². The summed E-state index contributed by atoms with van der Waals surface area (Å²) in [6.45, 7) is 6.43. The lowest BCUT2D eigenvalue weighted by Crippen LogP contribution is -2.54. The molecule has 2 amide bonds. The van der Waals surface area contributed by atoms with E-state index in [1.165, 1.54) is 0 Å². The van der Waals surface area contributed by atoms with Gasteiger partial charge in [-0.05, 0) is 38.1 Å². The summed E-state index contributed by atoms with van der Waals surface area (Å²) in [5.74, 6) is 0.657. The van der Waals surface area contributed by atoms with Crippen LogP contribution in [0.5, 0.6) is 0 Å². The van der Waals surface area contributed by atoms with E-state index in [2.05, 4.69) is 15.2 Å². The number of nitrogens with one attached hydrogen (secondary N) is 1. The number of anilines is 1. The monoisotopic (exact) mass is 352 g/mol. The van der Waals surface area contributed by atoms with Gasteiger partial charge in [-0.3, -0.25) is 9.59 Å². The Balaban J connectivity index is 1.53. The predicted molar refractivity (Wildman–Crippen MR) is 101 cm³/mol. The first-order valence-electron chi connectivity index (χ1n) is 8.87. The molecular formula is C20H24N4O2. The highest BCUT2D eigenvalue weighted by molar-refractivity contribution is 5.97. The molecule has 1 atom stereocenters. The molecule has 1 aromatic heterocycles. The summed E-state index contributed by atoms with van der Waals surface area (Å²) in [6, 6.07) is 12.6. The molecule has 6 nitrogen and oxygen atoms in total. The normalized spacial score (nSPS) is 15.5. The van der Waals surface area contributed by atoms with Gasteiger partial charge in [-0.2, -0.15) is 0 Å². The van der Waals surface area contributed by atoms with E-state index < -0.39 is 6.04 Å². The molecule has 6 heteroatoms. The second-order valence-electron chi connectivity index (χ2n) is 6.56. The van der Waals surface area contributed by atoms with Crippen molar-refractivity contribution in [2.24, 2.45) is 0 Å². The summed E-state index contributed by atoms with van der Waals surface area (Å²) < 4.78 is 0. The topological polar surface area (TPSA) is 65.5 Å². The molecule has 0 aliphatic carbocycles. The van der Waals surface area contributed by atoms with E-state index in [0.717, 1.165) is 24.5 Å². The summed E-state index contributed by atoms with van der Waals surface area (Å²) >= 11 is 0. The molecule has 0 saturated carbocycles. The zero-order valence-electron chi connectivity index (χ0n) is 15.2. The zero-order chi connectivity index (χ0) is 18.5. The SMILES string of the molecule is Cc1ccc(C(=O)N[C@H](C)C(=O)N2CCN(c3ccccn3)CC2)cc1. The van der Waals surface area contributed by atoms with Crippen molar-refractivity contribution in [1.82, 2.24) is 15.2 Å². The largest absolute Gasteiger partial charge is 0.353 e. The van der Waals surface area contributed by atoms with Gasteiger partial charge < -0.3 is 15.1 Å². The number of aryl methyl sites for hydroxylation is 1. The number of carbonyl (C=O) groups excluding carboxylic acids is 2. The number of pyridine rings is 1. The Kier molecular flexibility index (Phi) is 5.51. The molecule has 0 spiro atoms. The smallest absolute Gasteiger partial charge is 0.251 e. The molecule has 0 bridgehead atoms. The molecular weight excluding hydrogens is 328 g/mol. The molecule has 1 fully saturated rings. The van der Waals surface area contributed by atoms with Gasteiger partial charge in [-0.15, -0.1) is 0 Å². The van der Waals surface area contributed by atoms with Crippen LogP contribution < -0.4 is 10.2 Å². The van der Waals surface area contributed by atoms with Gasteiger partial charge in [-0.1, -0.05) is 23.8 Å². The van der Waals surface area contributed by atoms with Crippen molar-refractivity contribution in [2.75, 3.05) is 31.1 Å². The Morgan fingerprint density at radius 3 is 2.35 bits per heavy atom. The highest BCUT2D eigenvalue weighted by atomic mass is 16.2. The van der Waals surface area contributed by atoms with E-state index in [-0.39, 0.29) is 11.8 Å². The minimum absolute atomic E-state index is 0.0499. The standard InChI is InChI=1S/C20H24N4O2/c1-15-6-8-17(9-7-15)19(25)22-16(2)20(26)24-13-11-23(12-14-24)18-5-3-4-10-21-18/h3-10,16H,11-14H2,1-2H3,(H,22,25)/t16-/m1/s1. The molecule has 0 radical (unpaired) electrons. The minimum atomic E-state index is -0.551. The molecule has 3 rings (SSSR count). The van der Waals surface area contributed by atoms with E-state index in [1.807, 2.05) is 37.3 Å². The number of aromatic nitrogens is 1. The number of rotatable bonds is 4. The molecule has 1 N–H and O–H groups in total. The van der Waals surface area contributed by atoms with E-state index in [9.17, 15) is 9.59 Å². The van der Waals surface area contributed by atoms with E-state index in [1.54, 1.807) is 30.2 Å². The third-order valence-electron chi connectivity index (χ3n) is 4.60. The summed E-state index contributed by atoms with van der Waals surface area (Å²) in [6.07, 6.45) is 1.77. The van der Waals surface area contributed by atoms with Crippen LogP contribution in [0.15, 0.2) is 48.7 Å². The van der Waals surface area contributed by atoms with Crippen LogP contribution in [0.4, 0.5) is 5.82 Å². The second-order valence-corrected chi connectivity index (χ2v) is 6.56.